The van der Waals surface area contributed by atoms with Crippen molar-refractivity contribution in [3.05, 3.63) is 0 Å². The van der Waals surface area contributed by atoms with Crippen LogP contribution in [-0.4, -0.2) is 22.2 Å². The molecule has 0 aliphatic carbocycles. The Labute approximate surface area is 91.1 Å². The highest BCUT2D eigenvalue weighted by Gasteiger charge is 2.25. The topological polar surface area (TPSA) is 26.3 Å². The van der Waals surface area contributed by atoms with Gasteiger partial charge in [0, 0.05) is 11.8 Å². The fraction of sp³-hybridized carbons (Fsp3) is 0.833. The lowest BCUT2D eigenvalue weighted by Crippen LogP contribution is -2.16. The van der Waals surface area contributed by atoms with E-state index in [0.29, 0.717) is 0 Å². The van der Waals surface area contributed by atoms with Crippen molar-refractivity contribution < 1.29 is 9.53 Å². The minimum atomic E-state index is -1.42. The molecule has 0 rings (SSSR count). The van der Waals surface area contributed by atoms with Crippen molar-refractivity contribution in [3.63, 3.8) is 0 Å². The molecule has 0 aliphatic heterocycles. The smallest absolute Gasteiger partial charge is 0.307 e. The zero-order chi connectivity index (χ0) is 9.78. The van der Waals surface area contributed by atoms with Crippen LogP contribution in [-0.2, 0) is 9.53 Å². The Hall–Kier alpha value is 0.630. The highest BCUT2D eigenvalue weighted by atomic mass is 35.6. The summed E-state index contributed by atoms with van der Waals surface area (Å²) in [6.07, 6.45) is 0.167. The van der Waals surface area contributed by atoms with Crippen LogP contribution in [0.5, 0.6) is 0 Å². The molecule has 0 fully saturated rings. The standard InChI is InChI=1S/C6H8Cl4O2/c1-12-5(11)2-4(7)3-6(8,9)10/h4H,2-3H2,1H3. The number of methoxy groups -OCH3 is 1. The normalized spacial score (nSPS) is 14.1. The van der Waals surface area contributed by atoms with Crippen LogP contribution in [0.15, 0.2) is 0 Å². The van der Waals surface area contributed by atoms with Gasteiger partial charge in [-0.05, 0) is 0 Å². The summed E-state index contributed by atoms with van der Waals surface area (Å²) in [5.74, 6) is -0.413. The van der Waals surface area contributed by atoms with E-state index in [1.54, 1.807) is 0 Å². The van der Waals surface area contributed by atoms with Crippen LogP contribution in [0.4, 0.5) is 0 Å². The second kappa shape index (κ2) is 5.38. The first kappa shape index (κ1) is 12.6. The molecule has 1 unspecified atom stereocenters. The number of carbonyl (C=O) groups is 1. The van der Waals surface area contributed by atoms with E-state index in [2.05, 4.69) is 4.74 Å². The predicted molar refractivity (Wildman–Crippen MR) is 51.2 cm³/mol. The fourth-order valence-corrected chi connectivity index (χ4v) is 1.74. The maximum Gasteiger partial charge on any atom is 0.307 e. The summed E-state index contributed by atoms with van der Waals surface area (Å²) in [6.45, 7) is 0. The molecule has 0 amide bonds. The molecule has 0 bridgehead atoms. The Bertz CT molecular complexity index is 154. The molecule has 0 aromatic rings. The van der Waals surface area contributed by atoms with Crippen molar-refractivity contribution in [2.45, 2.75) is 22.0 Å². The molecule has 0 radical (unpaired) electrons. The second-order valence-corrected chi connectivity index (χ2v) is 5.33. The molecular formula is C6H8Cl4O2. The molecular weight excluding hydrogens is 246 g/mol. The Kier molecular flexibility index (Phi) is 5.66. The van der Waals surface area contributed by atoms with Crippen LogP contribution in [0.25, 0.3) is 0 Å². The van der Waals surface area contributed by atoms with E-state index in [1.807, 2.05) is 0 Å². The van der Waals surface area contributed by atoms with E-state index in [9.17, 15) is 4.79 Å². The van der Waals surface area contributed by atoms with Gasteiger partial charge < -0.3 is 4.74 Å². The first-order chi connectivity index (χ1) is 5.35. The molecule has 12 heavy (non-hydrogen) atoms. The zero-order valence-corrected chi connectivity index (χ0v) is 9.34. The fourth-order valence-electron chi connectivity index (χ4n) is 0.587. The highest BCUT2D eigenvalue weighted by Crippen LogP contribution is 2.33. The third-order valence-electron chi connectivity index (χ3n) is 1.07. The zero-order valence-electron chi connectivity index (χ0n) is 6.32. The first-order valence-electron chi connectivity index (χ1n) is 3.13. The van der Waals surface area contributed by atoms with Gasteiger partial charge in [-0.3, -0.25) is 4.79 Å². The molecule has 0 saturated carbocycles. The maximum absolute atomic E-state index is 10.7. The van der Waals surface area contributed by atoms with Crippen molar-refractivity contribution in [1.29, 1.82) is 0 Å². The molecule has 72 valence electrons. The van der Waals surface area contributed by atoms with Crippen molar-refractivity contribution in [2.24, 2.45) is 0 Å². The Morgan fingerprint density at radius 3 is 2.33 bits per heavy atom. The van der Waals surface area contributed by atoms with Gasteiger partial charge in [0.1, 0.15) is 0 Å². The Morgan fingerprint density at radius 2 is 2.00 bits per heavy atom. The number of alkyl halides is 4. The van der Waals surface area contributed by atoms with Crippen LogP contribution < -0.4 is 0 Å². The van der Waals surface area contributed by atoms with Crippen LogP contribution in [0.3, 0.4) is 0 Å². The van der Waals surface area contributed by atoms with Gasteiger partial charge in [0.2, 0.25) is 0 Å². The van der Waals surface area contributed by atoms with Crippen LogP contribution in [0, 0.1) is 0 Å². The van der Waals surface area contributed by atoms with Crippen molar-refractivity contribution in [3.8, 4) is 0 Å². The van der Waals surface area contributed by atoms with Gasteiger partial charge in [-0.25, -0.2) is 0 Å². The molecule has 6 heteroatoms. The molecule has 1 atom stereocenters. The van der Waals surface area contributed by atoms with E-state index in [0.717, 1.165) is 0 Å². The maximum atomic E-state index is 10.7. The van der Waals surface area contributed by atoms with Gasteiger partial charge in [0.05, 0.1) is 13.5 Å². The van der Waals surface area contributed by atoms with Gasteiger partial charge in [-0.2, -0.15) is 0 Å². The van der Waals surface area contributed by atoms with Gasteiger partial charge >= 0.3 is 5.97 Å². The SMILES string of the molecule is COC(=O)CC(Cl)CC(Cl)(Cl)Cl. The Morgan fingerprint density at radius 1 is 1.50 bits per heavy atom. The molecule has 0 spiro atoms. The van der Waals surface area contributed by atoms with Gasteiger partial charge in [0.15, 0.2) is 3.79 Å². The number of carbonyl (C=O) groups excluding carboxylic acids is 1. The number of hydrogen-bond donors (Lipinski definition) is 0. The van der Waals surface area contributed by atoms with E-state index in [1.165, 1.54) is 7.11 Å². The lowest BCUT2D eigenvalue weighted by Gasteiger charge is -2.14. The van der Waals surface area contributed by atoms with E-state index in [4.69, 9.17) is 46.4 Å². The largest absolute Gasteiger partial charge is 0.469 e. The van der Waals surface area contributed by atoms with Crippen molar-refractivity contribution in [1.82, 2.24) is 0 Å². The predicted octanol–water partition coefficient (Wildman–Crippen LogP) is 2.92. The van der Waals surface area contributed by atoms with E-state index < -0.39 is 15.1 Å². The molecule has 0 saturated heterocycles. The summed E-state index contributed by atoms with van der Waals surface area (Å²) < 4.78 is 2.97. The van der Waals surface area contributed by atoms with Crippen LogP contribution in [0.2, 0.25) is 0 Å². The van der Waals surface area contributed by atoms with Crippen LogP contribution in [0.1, 0.15) is 12.8 Å². The summed E-state index contributed by atoms with van der Waals surface area (Å²) in [4.78, 5) is 10.7. The molecule has 0 aromatic heterocycles. The minimum absolute atomic E-state index is 0.0476. The lowest BCUT2D eigenvalue weighted by atomic mass is 10.2. The van der Waals surface area contributed by atoms with Gasteiger partial charge in [-0.15, -0.1) is 11.6 Å². The number of ether oxygens (including phenoxy) is 1. The molecule has 0 aromatic carbocycles. The summed E-state index contributed by atoms with van der Waals surface area (Å²) in [5.41, 5.74) is 0. The Balaban J connectivity index is 3.74. The minimum Gasteiger partial charge on any atom is -0.469 e. The van der Waals surface area contributed by atoms with E-state index in [-0.39, 0.29) is 12.8 Å². The first-order valence-corrected chi connectivity index (χ1v) is 4.70. The van der Waals surface area contributed by atoms with Crippen molar-refractivity contribution in [2.75, 3.05) is 7.11 Å². The number of esters is 1. The monoisotopic (exact) mass is 252 g/mol. The van der Waals surface area contributed by atoms with E-state index >= 15 is 0 Å². The third kappa shape index (κ3) is 7.29. The molecule has 2 nitrogen and oxygen atoms in total. The average molecular weight is 254 g/mol. The summed E-state index contributed by atoms with van der Waals surface area (Å²) in [7, 11) is 1.28. The second-order valence-electron chi connectivity index (χ2n) is 2.20. The molecule has 0 heterocycles. The number of hydrogen-bond acceptors (Lipinski definition) is 2. The van der Waals surface area contributed by atoms with Crippen molar-refractivity contribution >= 4 is 52.4 Å². The van der Waals surface area contributed by atoms with Crippen LogP contribution >= 0.6 is 46.4 Å². The summed E-state index contributed by atoms with van der Waals surface area (Å²) in [6, 6.07) is 0. The lowest BCUT2D eigenvalue weighted by molar-refractivity contribution is -0.140. The number of halogens is 4. The quantitative estimate of drug-likeness (QED) is 0.571. The summed E-state index contributed by atoms with van der Waals surface area (Å²) >= 11 is 22.0. The van der Waals surface area contributed by atoms with Gasteiger partial charge in [-0.1, -0.05) is 34.8 Å². The molecule has 0 aliphatic rings. The van der Waals surface area contributed by atoms with Gasteiger partial charge in [0.25, 0.3) is 0 Å². The molecule has 0 N–H and O–H groups in total. The summed E-state index contributed by atoms with van der Waals surface area (Å²) in [5, 5.41) is -0.509. The third-order valence-corrected chi connectivity index (χ3v) is 1.84. The average Bonchev–Trinajstić information content (AvgIpc) is 1.82. The highest BCUT2D eigenvalue weighted by molar-refractivity contribution is 6.67. The number of rotatable bonds is 3.